The molecule has 0 saturated carbocycles. The van der Waals surface area contributed by atoms with Crippen LogP contribution < -0.4 is 5.32 Å². The molecular weight excluding hydrogens is 360 g/mol. The fourth-order valence-electron chi connectivity index (χ4n) is 2.50. The lowest BCUT2D eigenvalue weighted by atomic mass is 10.1. The van der Waals surface area contributed by atoms with Gasteiger partial charge < -0.3 is 9.88 Å². The molecule has 3 aromatic rings. The van der Waals surface area contributed by atoms with Gasteiger partial charge in [-0.05, 0) is 47.5 Å². The van der Waals surface area contributed by atoms with E-state index in [9.17, 15) is 4.79 Å². The Balaban J connectivity index is 2.05. The molecule has 1 N–H and O–H groups in total. The molecule has 0 spiro atoms. The van der Waals surface area contributed by atoms with E-state index < -0.39 is 0 Å². The highest BCUT2D eigenvalue weighted by molar-refractivity contribution is 9.11. The summed E-state index contributed by atoms with van der Waals surface area (Å²) in [6, 6.07) is 12.5. The van der Waals surface area contributed by atoms with Gasteiger partial charge in [0.25, 0.3) is 5.91 Å². The molecule has 0 unspecified atom stereocenters. The Morgan fingerprint density at radius 1 is 1.27 bits per heavy atom. The highest BCUT2D eigenvalue weighted by Crippen LogP contribution is 2.33. The number of benzene rings is 1. The Morgan fingerprint density at radius 2 is 2.00 bits per heavy atom. The molecule has 114 valence electrons. The molecule has 0 aliphatic carbocycles. The van der Waals surface area contributed by atoms with Gasteiger partial charge in [-0.1, -0.05) is 29.8 Å². The predicted molar refractivity (Wildman–Crippen MR) is 95.8 cm³/mol. The monoisotopic (exact) mass is 376 g/mol. The molecule has 0 radical (unpaired) electrons. The number of halogens is 1. The number of nitrogens with one attached hydrogen (secondary N) is 1. The van der Waals surface area contributed by atoms with Crippen LogP contribution in [0.25, 0.3) is 10.2 Å². The number of aromatic nitrogens is 1. The summed E-state index contributed by atoms with van der Waals surface area (Å²) in [6.45, 7) is 5.34. The van der Waals surface area contributed by atoms with Gasteiger partial charge in [0, 0.05) is 13.1 Å². The first-order chi connectivity index (χ1) is 10.6. The second-order valence-corrected chi connectivity index (χ2v) is 7.72. The smallest absolute Gasteiger partial charge is 0.267 e. The second kappa shape index (κ2) is 6.26. The number of carbonyl (C=O) groups excluding carboxylic acids is 1. The van der Waals surface area contributed by atoms with Crippen LogP contribution in [0, 0.1) is 6.92 Å². The van der Waals surface area contributed by atoms with Gasteiger partial charge in [0.2, 0.25) is 0 Å². The number of fused-ring (bicyclic) bond motifs is 1. The zero-order valence-electron chi connectivity index (χ0n) is 12.5. The third-order valence-electron chi connectivity index (χ3n) is 3.59. The van der Waals surface area contributed by atoms with E-state index in [1.807, 2.05) is 13.0 Å². The maximum absolute atomic E-state index is 12.3. The standard InChI is InChI=1S/C17H17BrN2OS/c1-3-19-17(21)14-8-15-13(9-16(18)22-15)20(14)10-12-6-4-11(2)5-7-12/h4-9H,3,10H2,1-2H3,(H,19,21). The lowest BCUT2D eigenvalue weighted by molar-refractivity contribution is 0.0947. The Morgan fingerprint density at radius 3 is 2.68 bits per heavy atom. The largest absolute Gasteiger partial charge is 0.351 e. The van der Waals surface area contributed by atoms with E-state index in [1.54, 1.807) is 11.3 Å². The minimum atomic E-state index is -0.0193. The van der Waals surface area contributed by atoms with Crippen molar-refractivity contribution in [1.82, 2.24) is 9.88 Å². The lowest BCUT2D eigenvalue weighted by Crippen LogP contribution is -2.25. The second-order valence-electron chi connectivity index (χ2n) is 5.26. The van der Waals surface area contributed by atoms with Crippen molar-refractivity contribution < 1.29 is 4.79 Å². The van der Waals surface area contributed by atoms with E-state index in [0.29, 0.717) is 13.1 Å². The zero-order valence-corrected chi connectivity index (χ0v) is 14.9. The molecule has 0 aliphatic heterocycles. The van der Waals surface area contributed by atoms with Gasteiger partial charge in [-0.15, -0.1) is 11.3 Å². The normalized spacial score (nSPS) is 11.0. The van der Waals surface area contributed by atoms with Gasteiger partial charge in [0.15, 0.2) is 0 Å². The number of rotatable bonds is 4. The Labute approximate surface area is 142 Å². The highest BCUT2D eigenvalue weighted by atomic mass is 79.9. The Bertz CT molecular complexity index is 817. The molecule has 3 rings (SSSR count). The minimum Gasteiger partial charge on any atom is -0.351 e. The fourth-order valence-corrected chi connectivity index (χ4v) is 4.06. The van der Waals surface area contributed by atoms with Crippen molar-refractivity contribution >= 4 is 43.4 Å². The maximum atomic E-state index is 12.3. The molecule has 5 heteroatoms. The summed E-state index contributed by atoms with van der Waals surface area (Å²) in [6.07, 6.45) is 0. The summed E-state index contributed by atoms with van der Waals surface area (Å²) in [7, 11) is 0. The molecular formula is C17H17BrN2OS. The third-order valence-corrected chi connectivity index (χ3v) is 5.17. The van der Waals surface area contributed by atoms with Gasteiger partial charge in [-0.25, -0.2) is 0 Å². The van der Waals surface area contributed by atoms with E-state index in [-0.39, 0.29) is 5.91 Å². The molecule has 1 aromatic carbocycles. The van der Waals surface area contributed by atoms with Gasteiger partial charge >= 0.3 is 0 Å². The molecule has 2 heterocycles. The van der Waals surface area contributed by atoms with Crippen LogP contribution >= 0.6 is 27.3 Å². The van der Waals surface area contributed by atoms with Crippen LogP contribution in [0.15, 0.2) is 40.2 Å². The van der Waals surface area contributed by atoms with E-state index in [4.69, 9.17) is 0 Å². The minimum absolute atomic E-state index is 0.0193. The predicted octanol–water partition coefficient (Wildman–Crippen LogP) is 4.57. The van der Waals surface area contributed by atoms with Crippen molar-refractivity contribution in [3.05, 3.63) is 57.0 Å². The maximum Gasteiger partial charge on any atom is 0.267 e. The number of carbonyl (C=O) groups is 1. The van der Waals surface area contributed by atoms with Crippen LogP contribution in [0.2, 0.25) is 0 Å². The number of hydrogen-bond acceptors (Lipinski definition) is 2. The average Bonchev–Trinajstić information content (AvgIpc) is 2.99. The Hall–Kier alpha value is -1.59. The lowest BCUT2D eigenvalue weighted by Gasteiger charge is -2.10. The Kier molecular flexibility index (Phi) is 4.36. The van der Waals surface area contributed by atoms with E-state index >= 15 is 0 Å². The number of nitrogens with zero attached hydrogens (tertiary/aromatic N) is 1. The number of thiophene rings is 1. The summed E-state index contributed by atoms with van der Waals surface area (Å²) in [5.74, 6) is -0.0193. The first kappa shape index (κ1) is 15.3. The van der Waals surface area contributed by atoms with Crippen molar-refractivity contribution in [2.24, 2.45) is 0 Å². The van der Waals surface area contributed by atoms with Crippen LogP contribution in [0.5, 0.6) is 0 Å². The van der Waals surface area contributed by atoms with Crippen LogP contribution in [0.3, 0.4) is 0 Å². The van der Waals surface area contributed by atoms with Crippen LogP contribution in [0.4, 0.5) is 0 Å². The quantitative estimate of drug-likeness (QED) is 0.710. The summed E-state index contributed by atoms with van der Waals surface area (Å²) in [4.78, 5) is 12.3. The van der Waals surface area contributed by atoms with E-state index in [1.165, 1.54) is 11.1 Å². The van der Waals surface area contributed by atoms with Crippen LogP contribution in [0.1, 0.15) is 28.5 Å². The van der Waals surface area contributed by atoms with E-state index in [0.717, 1.165) is 19.7 Å². The molecule has 0 atom stereocenters. The van der Waals surface area contributed by atoms with Gasteiger partial charge in [-0.2, -0.15) is 0 Å². The zero-order chi connectivity index (χ0) is 15.7. The van der Waals surface area contributed by atoms with Crippen molar-refractivity contribution in [1.29, 1.82) is 0 Å². The fraction of sp³-hybridized carbons (Fsp3) is 0.235. The number of hydrogen-bond donors (Lipinski definition) is 1. The molecule has 2 aromatic heterocycles. The van der Waals surface area contributed by atoms with Gasteiger partial charge in [0.1, 0.15) is 5.69 Å². The molecule has 22 heavy (non-hydrogen) atoms. The average molecular weight is 377 g/mol. The van der Waals surface area contributed by atoms with E-state index in [2.05, 4.69) is 63.1 Å². The highest BCUT2D eigenvalue weighted by Gasteiger charge is 2.17. The van der Waals surface area contributed by atoms with Crippen LogP contribution in [-0.2, 0) is 6.54 Å². The van der Waals surface area contributed by atoms with Crippen molar-refractivity contribution in [2.45, 2.75) is 20.4 Å². The van der Waals surface area contributed by atoms with Crippen molar-refractivity contribution in [3.63, 3.8) is 0 Å². The third kappa shape index (κ3) is 2.96. The topological polar surface area (TPSA) is 34.0 Å². The molecule has 0 bridgehead atoms. The summed E-state index contributed by atoms with van der Waals surface area (Å²) in [5, 5.41) is 2.90. The summed E-state index contributed by atoms with van der Waals surface area (Å²) in [5.41, 5.74) is 4.24. The molecule has 3 nitrogen and oxygen atoms in total. The molecule has 0 aliphatic rings. The number of aryl methyl sites for hydroxylation is 1. The first-order valence-corrected chi connectivity index (χ1v) is 8.81. The van der Waals surface area contributed by atoms with Gasteiger partial charge in [0.05, 0.1) is 14.0 Å². The molecule has 0 fully saturated rings. The van der Waals surface area contributed by atoms with Gasteiger partial charge in [-0.3, -0.25) is 4.79 Å². The van der Waals surface area contributed by atoms with Crippen molar-refractivity contribution in [3.8, 4) is 0 Å². The number of amides is 1. The summed E-state index contributed by atoms with van der Waals surface area (Å²) >= 11 is 5.18. The molecule has 0 saturated heterocycles. The first-order valence-electron chi connectivity index (χ1n) is 7.21. The molecule has 1 amide bonds. The SMILES string of the molecule is CCNC(=O)c1cc2sc(Br)cc2n1Cc1ccc(C)cc1. The summed E-state index contributed by atoms with van der Waals surface area (Å²) < 4.78 is 4.30. The van der Waals surface area contributed by atoms with Crippen molar-refractivity contribution in [2.75, 3.05) is 6.54 Å². The van der Waals surface area contributed by atoms with Crippen LogP contribution in [-0.4, -0.2) is 17.0 Å².